The maximum Gasteiger partial charge on any atom is 0.218 e. The topological polar surface area (TPSA) is 114 Å². The second-order valence-corrected chi connectivity index (χ2v) is 12.3. The summed E-state index contributed by atoms with van der Waals surface area (Å²) >= 11 is 0. The Morgan fingerprint density at radius 1 is 0.909 bits per heavy atom. The molecule has 4 aliphatic rings. The first kappa shape index (κ1) is 26.9. The number of hydrogen-bond acceptors (Lipinski definition) is 9. The van der Waals surface area contributed by atoms with Gasteiger partial charge in [0.25, 0.3) is 0 Å². The van der Waals surface area contributed by atoms with E-state index in [1.807, 2.05) is 44.4 Å². The van der Waals surface area contributed by atoms with Crippen LogP contribution in [0.15, 0.2) is 61.1 Å². The van der Waals surface area contributed by atoms with Gasteiger partial charge in [-0.3, -0.25) is 10.00 Å². The second-order valence-electron chi connectivity index (χ2n) is 12.3. The zero-order chi connectivity index (χ0) is 29.6. The SMILES string of the molecule is Cc1cc(Cc2cc(C)[nH]n2)nc(-c2ccc(N3CC4CC(C3)N4Cc3ccc(-n4nccc4OC4CCC4)nc3)nc2)n1. The molecule has 1 aliphatic carbocycles. The van der Waals surface area contributed by atoms with Gasteiger partial charge in [-0.2, -0.15) is 14.9 Å². The molecule has 0 aromatic carbocycles. The molecule has 224 valence electrons. The van der Waals surface area contributed by atoms with E-state index >= 15 is 0 Å². The number of hydrogen-bond donors (Lipinski definition) is 1. The standard InChI is InChI=1S/C33H36N10O/c1-21-12-25(14-26-13-22(2)39-40-26)38-33(37-21)24-7-9-30(35-17-24)41-19-27-15-28(20-41)42(27)18-23-6-8-31(34-16-23)43-32(10-11-36-43)44-29-4-3-5-29/h6-13,16-17,27-29H,3-5,14-15,18-20H2,1-2H3,(H,39,40). The first-order chi connectivity index (χ1) is 21.5. The first-order valence-corrected chi connectivity index (χ1v) is 15.5. The molecule has 8 heterocycles. The highest BCUT2D eigenvalue weighted by Gasteiger charge is 2.44. The number of fused-ring (bicyclic) bond motifs is 2. The molecule has 11 nitrogen and oxygen atoms in total. The minimum absolute atomic E-state index is 0.307. The van der Waals surface area contributed by atoms with Crippen molar-refractivity contribution in [3.8, 4) is 23.1 Å². The van der Waals surface area contributed by atoms with Crippen LogP contribution in [0.25, 0.3) is 17.2 Å². The van der Waals surface area contributed by atoms with Crippen LogP contribution in [0.5, 0.6) is 5.88 Å². The number of pyridine rings is 2. The fourth-order valence-electron chi connectivity index (χ4n) is 6.50. The van der Waals surface area contributed by atoms with Crippen molar-refractivity contribution in [2.45, 2.75) is 70.7 Å². The van der Waals surface area contributed by atoms with Crippen LogP contribution in [0.2, 0.25) is 0 Å². The number of H-pyrrole nitrogens is 1. The Balaban J connectivity index is 0.891. The summed E-state index contributed by atoms with van der Waals surface area (Å²) in [6, 6.07) is 15.4. The summed E-state index contributed by atoms with van der Waals surface area (Å²) in [5.74, 6) is 3.27. The largest absolute Gasteiger partial charge is 0.474 e. The number of aromatic nitrogens is 8. The maximum atomic E-state index is 6.09. The predicted octanol–water partition coefficient (Wildman–Crippen LogP) is 4.44. The van der Waals surface area contributed by atoms with Crippen LogP contribution in [-0.4, -0.2) is 76.1 Å². The van der Waals surface area contributed by atoms with Crippen molar-refractivity contribution in [3.63, 3.8) is 0 Å². The zero-order valence-electron chi connectivity index (χ0n) is 25.1. The Morgan fingerprint density at radius 3 is 2.45 bits per heavy atom. The van der Waals surface area contributed by atoms with Gasteiger partial charge in [-0.15, -0.1) is 0 Å². The fourth-order valence-corrected chi connectivity index (χ4v) is 6.50. The van der Waals surface area contributed by atoms with Gasteiger partial charge < -0.3 is 9.64 Å². The van der Waals surface area contributed by atoms with Crippen molar-refractivity contribution in [2.75, 3.05) is 18.0 Å². The Hall–Kier alpha value is -4.64. The van der Waals surface area contributed by atoms with E-state index in [0.717, 1.165) is 78.3 Å². The van der Waals surface area contributed by atoms with Gasteiger partial charge >= 0.3 is 0 Å². The van der Waals surface area contributed by atoms with E-state index < -0.39 is 0 Å². The molecule has 0 radical (unpaired) electrons. The highest BCUT2D eigenvalue weighted by Crippen LogP contribution is 2.36. The van der Waals surface area contributed by atoms with Gasteiger partial charge in [0.1, 0.15) is 11.9 Å². The van der Waals surface area contributed by atoms with Gasteiger partial charge in [-0.25, -0.2) is 19.9 Å². The van der Waals surface area contributed by atoms with Crippen molar-refractivity contribution in [3.05, 3.63) is 89.4 Å². The number of ether oxygens (including phenoxy) is 1. The molecule has 2 bridgehead atoms. The number of anilines is 1. The Bertz CT molecular complexity index is 1750. The smallest absolute Gasteiger partial charge is 0.218 e. The normalized spacial score (nSPS) is 19.9. The van der Waals surface area contributed by atoms with E-state index in [1.54, 1.807) is 10.9 Å². The molecule has 0 spiro atoms. The molecule has 2 unspecified atom stereocenters. The van der Waals surface area contributed by atoms with E-state index in [4.69, 9.17) is 19.7 Å². The van der Waals surface area contributed by atoms with E-state index in [0.29, 0.717) is 30.4 Å². The fraction of sp³-hybridized carbons (Fsp3) is 0.394. The predicted molar refractivity (Wildman–Crippen MR) is 166 cm³/mol. The highest BCUT2D eigenvalue weighted by molar-refractivity contribution is 5.57. The molecule has 5 aromatic rings. The lowest BCUT2D eigenvalue weighted by molar-refractivity contribution is -0.00875. The molecule has 0 amide bonds. The van der Waals surface area contributed by atoms with Crippen molar-refractivity contribution in [1.29, 1.82) is 0 Å². The van der Waals surface area contributed by atoms with Crippen LogP contribution in [0.3, 0.4) is 0 Å². The number of nitrogens with one attached hydrogen (secondary N) is 1. The van der Waals surface area contributed by atoms with Crippen LogP contribution in [-0.2, 0) is 13.0 Å². The lowest BCUT2D eigenvalue weighted by Crippen LogP contribution is -2.68. The van der Waals surface area contributed by atoms with Gasteiger partial charge in [-0.05, 0) is 75.4 Å². The van der Waals surface area contributed by atoms with Crippen LogP contribution < -0.4 is 9.64 Å². The van der Waals surface area contributed by atoms with Crippen molar-refractivity contribution in [2.24, 2.45) is 0 Å². The molecule has 9 rings (SSSR count). The number of aromatic amines is 1. The van der Waals surface area contributed by atoms with Crippen molar-refractivity contribution >= 4 is 5.82 Å². The number of aryl methyl sites for hydroxylation is 2. The van der Waals surface area contributed by atoms with E-state index in [1.165, 1.54) is 18.4 Å². The minimum Gasteiger partial charge on any atom is -0.474 e. The molecule has 5 aromatic heterocycles. The van der Waals surface area contributed by atoms with Crippen LogP contribution >= 0.6 is 0 Å². The number of piperazine rings is 1. The van der Waals surface area contributed by atoms with Crippen LogP contribution in [0.4, 0.5) is 5.82 Å². The van der Waals surface area contributed by atoms with E-state index in [-0.39, 0.29) is 0 Å². The Morgan fingerprint density at radius 2 is 1.75 bits per heavy atom. The summed E-state index contributed by atoms with van der Waals surface area (Å²) in [5, 5.41) is 11.8. The van der Waals surface area contributed by atoms with Crippen molar-refractivity contribution < 1.29 is 4.74 Å². The molecule has 4 fully saturated rings. The maximum absolute atomic E-state index is 6.09. The second kappa shape index (κ2) is 11.1. The van der Waals surface area contributed by atoms with Crippen molar-refractivity contribution in [1.82, 2.24) is 44.8 Å². The molecule has 3 saturated heterocycles. The van der Waals surface area contributed by atoms with Gasteiger partial charge in [0.15, 0.2) is 11.6 Å². The number of piperidine rings is 1. The molecular formula is C33H36N10O. The summed E-state index contributed by atoms with van der Waals surface area (Å²) in [4.78, 5) is 24.1. The first-order valence-electron chi connectivity index (χ1n) is 15.5. The van der Waals surface area contributed by atoms with E-state index in [9.17, 15) is 0 Å². The minimum atomic E-state index is 0.307. The summed E-state index contributed by atoms with van der Waals surface area (Å²) < 4.78 is 7.88. The van der Waals surface area contributed by atoms with Gasteiger partial charge in [0, 0.05) is 73.6 Å². The summed E-state index contributed by atoms with van der Waals surface area (Å²) in [6.45, 7) is 6.85. The number of rotatable bonds is 9. The Kier molecular flexibility index (Phi) is 6.82. The van der Waals surface area contributed by atoms with E-state index in [2.05, 4.69) is 54.3 Å². The number of nitrogens with zero attached hydrogens (tertiary/aromatic N) is 9. The molecule has 44 heavy (non-hydrogen) atoms. The Labute approximate surface area is 256 Å². The average molecular weight is 589 g/mol. The summed E-state index contributed by atoms with van der Waals surface area (Å²) in [7, 11) is 0. The molecule has 3 aliphatic heterocycles. The zero-order valence-corrected chi connectivity index (χ0v) is 25.1. The van der Waals surface area contributed by atoms with Crippen LogP contribution in [0.1, 0.15) is 54.0 Å². The third kappa shape index (κ3) is 5.32. The molecule has 11 heteroatoms. The monoisotopic (exact) mass is 588 g/mol. The lowest BCUT2D eigenvalue weighted by Gasteiger charge is -2.56. The van der Waals surface area contributed by atoms with Gasteiger partial charge in [0.05, 0.1) is 17.6 Å². The molecular weight excluding hydrogens is 552 g/mol. The van der Waals surface area contributed by atoms with Gasteiger partial charge in [0.2, 0.25) is 5.88 Å². The van der Waals surface area contributed by atoms with Crippen LogP contribution in [0, 0.1) is 13.8 Å². The van der Waals surface area contributed by atoms with Gasteiger partial charge in [-0.1, -0.05) is 6.07 Å². The summed E-state index contributed by atoms with van der Waals surface area (Å²) in [5.41, 5.74) is 6.05. The quantitative estimate of drug-likeness (QED) is 0.267. The highest BCUT2D eigenvalue weighted by atomic mass is 16.5. The third-order valence-electron chi connectivity index (χ3n) is 9.04. The molecule has 1 N–H and O–H groups in total. The lowest BCUT2D eigenvalue weighted by atomic mass is 9.87. The average Bonchev–Trinajstić information content (AvgIpc) is 3.66. The molecule has 1 saturated carbocycles. The summed E-state index contributed by atoms with van der Waals surface area (Å²) in [6.07, 6.45) is 11.3. The molecule has 2 atom stereocenters. The third-order valence-corrected chi connectivity index (χ3v) is 9.04.